The van der Waals surface area contributed by atoms with Crippen LogP contribution in [0.1, 0.15) is 30.3 Å². The monoisotopic (exact) mass is 372 g/mol. The third kappa shape index (κ3) is 3.32. The maximum absolute atomic E-state index is 5.63. The molecule has 28 heavy (non-hydrogen) atoms. The Morgan fingerprint density at radius 3 is 2.82 bits per heavy atom. The fourth-order valence-corrected chi connectivity index (χ4v) is 3.67. The molecule has 1 unspecified atom stereocenters. The molecule has 140 valence electrons. The van der Waals surface area contributed by atoms with Crippen LogP contribution in [0.3, 0.4) is 0 Å². The van der Waals surface area contributed by atoms with E-state index in [1.165, 1.54) is 5.56 Å². The highest BCUT2D eigenvalue weighted by Crippen LogP contribution is 2.33. The summed E-state index contributed by atoms with van der Waals surface area (Å²) < 4.78 is 7.48. The molecule has 0 aliphatic carbocycles. The van der Waals surface area contributed by atoms with Gasteiger partial charge in [0.2, 0.25) is 11.7 Å². The number of hydrogen-bond acceptors (Lipinski definition) is 6. The van der Waals surface area contributed by atoms with E-state index in [0.717, 1.165) is 37.3 Å². The summed E-state index contributed by atoms with van der Waals surface area (Å²) >= 11 is 0. The number of rotatable bonds is 5. The summed E-state index contributed by atoms with van der Waals surface area (Å²) in [6, 6.07) is 14.5. The Balaban J connectivity index is 1.34. The third-order valence-corrected chi connectivity index (χ3v) is 5.09. The maximum atomic E-state index is 5.63. The first-order chi connectivity index (χ1) is 13.9. The molecule has 7 nitrogen and oxygen atoms in total. The molecule has 4 heterocycles. The first-order valence-electron chi connectivity index (χ1n) is 9.43. The minimum Gasteiger partial charge on any atom is -0.337 e. The fourth-order valence-electron chi connectivity index (χ4n) is 3.67. The predicted molar refractivity (Wildman–Crippen MR) is 103 cm³/mol. The molecule has 0 amide bonds. The van der Waals surface area contributed by atoms with E-state index in [0.29, 0.717) is 11.7 Å². The lowest BCUT2D eigenvalue weighted by atomic mass is 10.2. The van der Waals surface area contributed by atoms with Gasteiger partial charge in [-0.05, 0) is 37.1 Å². The first kappa shape index (κ1) is 16.8. The highest BCUT2D eigenvalue weighted by Gasteiger charge is 2.30. The van der Waals surface area contributed by atoms with Crippen molar-refractivity contribution in [1.82, 2.24) is 29.6 Å². The Kier molecular flexibility index (Phi) is 4.42. The molecule has 1 aliphatic rings. The minimum absolute atomic E-state index is 0.166. The Morgan fingerprint density at radius 2 is 2.04 bits per heavy atom. The lowest BCUT2D eigenvalue weighted by Crippen LogP contribution is -2.22. The minimum atomic E-state index is 0.166. The number of nitrogens with zero attached hydrogens (tertiary/aromatic N) is 6. The van der Waals surface area contributed by atoms with Crippen molar-refractivity contribution in [3.63, 3.8) is 0 Å². The summed E-state index contributed by atoms with van der Waals surface area (Å²) in [5, 5.41) is 4.19. The summed E-state index contributed by atoms with van der Waals surface area (Å²) in [4.78, 5) is 15.6. The smallest absolute Gasteiger partial charge is 0.244 e. The van der Waals surface area contributed by atoms with E-state index in [-0.39, 0.29) is 6.04 Å². The Bertz CT molecular complexity index is 1030. The topological polar surface area (TPSA) is 72.9 Å². The Hall–Kier alpha value is -3.32. The van der Waals surface area contributed by atoms with Crippen LogP contribution in [0.2, 0.25) is 0 Å². The second-order valence-electron chi connectivity index (χ2n) is 6.95. The second-order valence-corrected chi connectivity index (χ2v) is 6.95. The third-order valence-electron chi connectivity index (χ3n) is 5.09. The molecule has 1 atom stereocenters. The summed E-state index contributed by atoms with van der Waals surface area (Å²) in [7, 11) is 0. The quantitative estimate of drug-likeness (QED) is 0.532. The van der Waals surface area contributed by atoms with Gasteiger partial charge in [0.05, 0.1) is 6.04 Å². The fraction of sp³-hybridized carbons (Fsp3) is 0.238. The van der Waals surface area contributed by atoms with Gasteiger partial charge in [0.15, 0.2) is 0 Å². The molecule has 3 aromatic heterocycles. The molecule has 1 aromatic carbocycles. The van der Waals surface area contributed by atoms with Crippen LogP contribution in [-0.4, -0.2) is 36.1 Å². The van der Waals surface area contributed by atoms with Crippen LogP contribution < -0.4 is 0 Å². The molecule has 0 spiro atoms. The molecular formula is C21H20N6O. The zero-order chi connectivity index (χ0) is 18.8. The molecule has 0 radical (unpaired) electrons. The largest absolute Gasteiger partial charge is 0.337 e. The molecule has 4 aromatic rings. The van der Waals surface area contributed by atoms with Gasteiger partial charge in [0.25, 0.3) is 0 Å². The van der Waals surface area contributed by atoms with Gasteiger partial charge in [0.1, 0.15) is 12.1 Å². The van der Waals surface area contributed by atoms with Crippen molar-refractivity contribution >= 4 is 0 Å². The highest BCUT2D eigenvalue weighted by atomic mass is 16.5. The lowest BCUT2D eigenvalue weighted by molar-refractivity contribution is 0.201. The van der Waals surface area contributed by atoms with E-state index >= 15 is 0 Å². The van der Waals surface area contributed by atoms with Crippen molar-refractivity contribution in [2.45, 2.75) is 25.4 Å². The summed E-state index contributed by atoms with van der Waals surface area (Å²) in [6.07, 6.45) is 9.23. The van der Waals surface area contributed by atoms with Gasteiger partial charge >= 0.3 is 0 Å². The molecule has 7 heteroatoms. The van der Waals surface area contributed by atoms with E-state index in [9.17, 15) is 0 Å². The normalized spacial score (nSPS) is 17.2. The van der Waals surface area contributed by atoms with Gasteiger partial charge in [-0.3, -0.25) is 9.47 Å². The van der Waals surface area contributed by atoms with Crippen molar-refractivity contribution in [1.29, 1.82) is 0 Å². The van der Waals surface area contributed by atoms with E-state index < -0.39 is 0 Å². The van der Waals surface area contributed by atoms with Crippen LogP contribution in [0.25, 0.3) is 17.2 Å². The SMILES string of the molecule is c1ccc(CN2CCCC2c2nc(-c3ccc(-n4ccnc4)nc3)no2)cc1. The van der Waals surface area contributed by atoms with E-state index in [1.54, 1.807) is 18.7 Å². The zero-order valence-electron chi connectivity index (χ0n) is 15.3. The molecule has 1 aliphatic heterocycles. The van der Waals surface area contributed by atoms with Gasteiger partial charge in [0, 0.05) is 30.7 Å². The number of pyridine rings is 1. The molecule has 5 rings (SSSR count). The van der Waals surface area contributed by atoms with Gasteiger partial charge < -0.3 is 4.52 Å². The van der Waals surface area contributed by atoms with Gasteiger partial charge in [-0.1, -0.05) is 35.5 Å². The molecule has 0 N–H and O–H groups in total. The van der Waals surface area contributed by atoms with Crippen molar-refractivity contribution in [2.75, 3.05) is 6.54 Å². The predicted octanol–water partition coefficient (Wildman–Crippen LogP) is 3.65. The van der Waals surface area contributed by atoms with Crippen molar-refractivity contribution in [2.24, 2.45) is 0 Å². The van der Waals surface area contributed by atoms with Crippen LogP contribution in [0.15, 0.2) is 71.9 Å². The van der Waals surface area contributed by atoms with Gasteiger partial charge in [-0.25, -0.2) is 9.97 Å². The van der Waals surface area contributed by atoms with E-state index in [1.807, 2.05) is 29.0 Å². The van der Waals surface area contributed by atoms with Crippen molar-refractivity contribution in [3.8, 4) is 17.2 Å². The molecule has 0 saturated carbocycles. The van der Waals surface area contributed by atoms with Crippen molar-refractivity contribution < 1.29 is 4.52 Å². The Morgan fingerprint density at radius 1 is 1.11 bits per heavy atom. The number of hydrogen-bond donors (Lipinski definition) is 0. The number of imidazole rings is 1. The maximum Gasteiger partial charge on any atom is 0.244 e. The standard InChI is InChI=1S/C21H20N6O/c1-2-5-16(6-3-1)14-26-11-4-7-18(26)21-24-20(25-28-21)17-8-9-19(23-13-17)27-12-10-22-15-27/h1-3,5-6,8-10,12-13,15,18H,4,7,11,14H2. The zero-order valence-corrected chi connectivity index (χ0v) is 15.3. The van der Waals surface area contributed by atoms with Crippen LogP contribution in [-0.2, 0) is 6.54 Å². The second kappa shape index (κ2) is 7.36. The molecule has 1 saturated heterocycles. The average Bonchev–Trinajstić information content (AvgIpc) is 3.50. The lowest BCUT2D eigenvalue weighted by Gasteiger charge is -2.21. The van der Waals surface area contributed by atoms with Crippen LogP contribution >= 0.6 is 0 Å². The first-order valence-corrected chi connectivity index (χ1v) is 9.43. The molecule has 1 fully saturated rings. The summed E-state index contributed by atoms with van der Waals surface area (Å²) in [5.41, 5.74) is 2.14. The molecule has 0 bridgehead atoms. The summed E-state index contributed by atoms with van der Waals surface area (Å²) in [6.45, 7) is 1.93. The van der Waals surface area contributed by atoms with Crippen molar-refractivity contribution in [3.05, 3.63) is 78.8 Å². The number of likely N-dealkylation sites (tertiary alicyclic amines) is 1. The summed E-state index contributed by atoms with van der Waals surface area (Å²) in [5.74, 6) is 2.06. The number of benzene rings is 1. The van der Waals surface area contributed by atoms with Crippen LogP contribution in [0.5, 0.6) is 0 Å². The van der Waals surface area contributed by atoms with E-state index in [2.05, 4.69) is 49.3 Å². The van der Waals surface area contributed by atoms with Crippen LogP contribution in [0.4, 0.5) is 0 Å². The van der Waals surface area contributed by atoms with Gasteiger partial charge in [-0.15, -0.1) is 0 Å². The average molecular weight is 372 g/mol. The Labute approximate surface area is 162 Å². The number of aromatic nitrogens is 5. The van der Waals surface area contributed by atoms with Crippen LogP contribution in [0, 0.1) is 0 Å². The molecular weight excluding hydrogens is 352 g/mol. The van der Waals surface area contributed by atoms with E-state index in [4.69, 9.17) is 4.52 Å². The highest BCUT2D eigenvalue weighted by molar-refractivity contribution is 5.53. The van der Waals surface area contributed by atoms with Gasteiger partial charge in [-0.2, -0.15) is 4.98 Å².